The van der Waals surface area contributed by atoms with Crippen molar-refractivity contribution in [1.29, 1.82) is 0 Å². The first-order valence-corrected chi connectivity index (χ1v) is 9.42. The molecule has 0 saturated carbocycles. The van der Waals surface area contributed by atoms with Gasteiger partial charge in [-0.2, -0.15) is 0 Å². The number of ether oxygens (including phenoxy) is 1. The fourth-order valence-electron chi connectivity index (χ4n) is 3.62. The summed E-state index contributed by atoms with van der Waals surface area (Å²) < 4.78 is 11.2. The summed E-state index contributed by atoms with van der Waals surface area (Å²) in [5.41, 5.74) is 7.73. The number of benzene rings is 2. The van der Waals surface area contributed by atoms with Crippen LogP contribution in [0.25, 0.3) is 22.4 Å². The fourth-order valence-corrected chi connectivity index (χ4v) is 3.62. The summed E-state index contributed by atoms with van der Waals surface area (Å²) in [5, 5.41) is 0.706. The van der Waals surface area contributed by atoms with Crippen LogP contribution in [0.15, 0.2) is 77.4 Å². The molecule has 0 fully saturated rings. The van der Waals surface area contributed by atoms with E-state index in [1.807, 2.05) is 30.3 Å². The number of anilines is 1. The minimum Gasteiger partial charge on any atom is -0.477 e. The Labute approximate surface area is 171 Å². The van der Waals surface area contributed by atoms with Gasteiger partial charge in [0.1, 0.15) is 11.4 Å². The van der Waals surface area contributed by atoms with Crippen LogP contribution in [0.4, 0.5) is 5.69 Å². The van der Waals surface area contributed by atoms with Gasteiger partial charge in [0.15, 0.2) is 11.9 Å². The molecule has 2 N–H and O–H groups in total. The Morgan fingerprint density at radius 3 is 2.63 bits per heavy atom. The first-order chi connectivity index (χ1) is 14.6. The summed E-state index contributed by atoms with van der Waals surface area (Å²) in [4.78, 5) is 31.7. The zero-order chi connectivity index (χ0) is 20.7. The molecule has 1 aliphatic rings. The van der Waals surface area contributed by atoms with Gasteiger partial charge in [0, 0.05) is 5.39 Å². The van der Waals surface area contributed by atoms with E-state index in [4.69, 9.17) is 14.9 Å². The normalized spacial score (nSPS) is 15.5. The zero-order valence-corrected chi connectivity index (χ0v) is 15.8. The molecule has 5 rings (SSSR count). The minimum atomic E-state index is -0.929. The quantitative estimate of drug-likeness (QED) is 0.569. The van der Waals surface area contributed by atoms with Crippen molar-refractivity contribution < 1.29 is 18.7 Å². The largest absolute Gasteiger partial charge is 0.477 e. The number of hydrogen-bond acceptors (Lipinski definition) is 5. The average molecular weight is 399 g/mol. The maximum atomic E-state index is 13.7. The van der Waals surface area contributed by atoms with Crippen molar-refractivity contribution in [2.75, 3.05) is 11.4 Å². The van der Waals surface area contributed by atoms with E-state index >= 15 is 0 Å². The molecule has 7 nitrogen and oxygen atoms in total. The van der Waals surface area contributed by atoms with E-state index in [-0.39, 0.29) is 12.5 Å². The van der Waals surface area contributed by atoms with Crippen LogP contribution in [-0.2, 0) is 4.79 Å². The Bertz CT molecular complexity index is 1270. The molecule has 2 amide bonds. The van der Waals surface area contributed by atoms with Crippen molar-refractivity contribution in [3.63, 3.8) is 0 Å². The first-order valence-electron chi connectivity index (χ1n) is 9.42. The van der Waals surface area contributed by atoms with Crippen LogP contribution in [-0.4, -0.2) is 29.4 Å². The molecule has 0 saturated heterocycles. The summed E-state index contributed by atoms with van der Waals surface area (Å²) in [5.74, 6) is 0.0966. The third-order valence-electron chi connectivity index (χ3n) is 5.06. The lowest BCUT2D eigenvalue weighted by atomic mass is 10.0. The maximum absolute atomic E-state index is 13.7. The average Bonchev–Trinajstić information content (AvgIpc) is 3.32. The number of primary amides is 1. The number of carbonyl (C=O) groups is 2. The molecule has 0 spiro atoms. The fraction of sp³-hybridized carbons (Fsp3) is 0.0870. The molecule has 0 aliphatic carbocycles. The molecule has 148 valence electrons. The Morgan fingerprint density at radius 2 is 1.83 bits per heavy atom. The van der Waals surface area contributed by atoms with E-state index in [9.17, 15) is 9.59 Å². The number of hydrogen-bond donors (Lipinski definition) is 1. The van der Waals surface area contributed by atoms with Gasteiger partial charge < -0.3 is 19.8 Å². The van der Waals surface area contributed by atoms with E-state index in [1.54, 1.807) is 42.7 Å². The molecule has 0 bridgehead atoms. The lowest BCUT2D eigenvalue weighted by Gasteiger charge is -2.33. The van der Waals surface area contributed by atoms with E-state index in [1.165, 1.54) is 4.90 Å². The van der Waals surface area contributed by atoms with Gasteiger partial charge in [0.05, 0.1) is 29.6 Å². The summed E-state index contributed by atoms with van der Waals surface area (Å²) in [6.07, 6.45) is 0.630. The molecule has 1 aliphatic heterocycles. The second kappa shape index (κ2) is 7.04. The van der Waals surface area contributed by atoms with Crippen molar-refractivity contribution >= 4 is 28.4 Å². The Kier molecular flexibility index (Phi) is 4.21. The van der Waals surface area contributed by atoms with Crippen LogP contribution in [0.5, 0.6) is 5.75 Å². The third-order valence-corrected chi connectivity index (χ3v) is 5.06. The van der Waals surface area contributed by atoms with Crippen LogP contribution in [0, 0.1) is 0 Å². The first kappa shape index (κ1) is 17.9. The highest BCUT2D eigenvalue weighted by molar-refractivity contribution is 6.15. The van der Waals surface area contributed by atoms with E-state index in [2.05, 4.69) is 4.98 Å². The van der Waals surface area contributed by atoms with Crippen molar-refractivity contribution in [3.05, 3.63) is 78.6 Å². The molecule has 7 heteroatoms. The number of carbonyl (C=O) groups excluding carboxylic acids is 2. The predicted octanol–water partition coefficient (Wildman–Crippen LogP) is 3.39. The predicted molar refractivity (Wildman–Crippen MR) is 111 cm³/mol. The van der Waals surface area contributed by atoms with Crippen molar-refractivity contribution in [2.24, 2.45) is 5.73 Å². The van der Waals surface area contributed by atoms with E-state index in [0.717, 1.165) is 0 Å². The molecule has 30 heavy (non-hydrogen) atoms. The molecular weight excluding hydrogens is 382 g/mol. The molecule has 4 aromatic rings. The molecule has 1 unspecified atom stereocenters. The second-order valence-electron chi connectivity index (χ2n) is 6.94. The lowest BCUT2D eigenvalue weighted by Crippen LogP contribution is -2.49. The summed E-state index contributed by atoms with van der Waals surface area (Å²) in [6.45, 7) is 0.0257. The van der Waals surface area contributed by atoms with Gasteiger partial charge in [-0.3, -0.25) is 9.59 Å². The van der Waals surface area contributed by atoms with Crippen LogP contribution in [0.3, 0.4) is 0 Å². The van der Waals surface area contributed by atoms with Crippen LogP contribution in [0.1, 0.15) is 10.4 Å². The van der Waals surface area contributed by atoms with Crippen molar-refractivity contribution in [2.45, 2.75) is 6.10 Å². The zero-order valence-electron chi connectivity index (χ0n) is 15.8. The highest BCUT2D eigenvalue weighted by Crippen LogP contribution is 2.35. The Balaban J connectivity index is 1.67. The smallest absolute Gasteiger partial charge is 0.260 e. The Hall–Kier alpha value is -4.13. The number of nitrogens with two attached hydrogens (primary N) is 1. The van der Waals surface area contributed by atoms with Gasteiger partial charge in [-0.25, -0.2) is 4.98 Å². The topological polar surface area (TPSA) is 98.7 Å². The van der Waals surface area contributed by atoms with Crippen molar-refractivity contribution in [3.8, 4) is 17.2 Å². The van der Waals surface area contributed by atoms with Gasteiger partial charge in [-0.1, -0.05) is 30.3 Å². The number of pyridine rings is 1. The summed E-state index contributed by atoms with van der Waals surface area (Å²) in [6, 6.07) is 19.8. The molecule has 3 heterocycles. The molecule has 2 aromatic heterocycles. The number of nitrogens with zero attached hydrogens (tertiary/aromatic N) is 2. The number of aromatic nitrogens is 1. The van der Waals surface area contributed by atoms with E-state index in [0.29, 0.717) is 39.4 Å². The van der Waals surface area contributed by atoms with Crippen LogP contribution in [0.2, 0.25) is 0 Å². The number of fused-ring (bicyclic) bond motifs is 2. The van der Waals surface area contributed by atoms with Gasteiger partial charge in [0.2, 0.25) is 0 Å². The minimum absolute atomic E-state index is 0.0257. The van der Waals surface area contributed by atoms with Crippen LogP contribution >= 0.6 is 0 Å². The van der Waals surface area contributed by atoms with E-state index < -0.39 is 12.0 Å². The van der Waals surface area contributed by atoms with Gasteiger partial charge in [-0.15, -0.1) is 0 Å². The second-order valence-corrected chi connectivity index (χ2v) is 6.94. The number of rotatable bonds is 3. The van der Waals surface area contributed by atoms with Gasteiger partial charge >= 0.3 is 0 Å². The highest BCUT2D eigenvalue weighted by atomic mass is 16.5. The number of amides is 2. The highest BCUT2D eigenvalue weighted by Gasteiger charge is 2.34. The number of para-hydroxylation sites is 3. The maximum Gasteiger partial charge on any atom is 0.260 e. The molecule has 1 atom stereocenters. The van der Waals surface area contributed by atoms with Gasteiger partial charge in [0.25, 0.3) is 11.8 Å². The lowest BCUT2D eigenvalue weighted by molar-refractivity contribution is -0.124. The molecule has 0 radical (unpaired) electrons. The molecule has 2 aromatic carbocycles. The molecular formula is C23H17N3O4. The monoisotopic (exact) mass is 399 g/mol. The third kappa shape index (κ3) is 2.97. The summed E-state index contributed by atoms with van der Waals surface area (Å²) >= 11 is 0. The summed E-state index contributed by atoms with van der Waals surface area (Å²) in [7, 11) is 0. The standard InChI is InChI=1S/C23H17N3O4/c24-22(27)21-13-26(18-8-3-4-9-20(18)30-21)23(28)15-12-17(19-10-5-11-29-19)25-16-7-2-1-6-14(15)16/h1-12,21H,13H2,(H2,24,27). The van der Waals surface area contributed by atoms with Crippen molar-refractivity contribution in [1.82, 2.24) is 4.98 Å². The number of furan rings is 1. The Morgan fingerprint density at radius 1 is 1.03 bits per heavy atom. The SMILES string of the molecule is NC(=O)C1CN(C(=O)c2cc(-c3ccco3)nc3ccccc23)c2ccccc2O1. The van der Waals surface area contributed by atoms with Crippen LogP contribution < -0.4 is 15.4 Å². The van der Waals surface area contributed by atoms with Gasteiger partial charge in [-0.05, 0) is 36.4 Å².